The van der Waals surface area contributed by atoms with Crippen molar-refractivity contribution in [2.24, 2.45) is 0 Å². The first-order valence-electron chi connectivity index (χ1n) is 6.70. The van der Waals surface area contributed by atoms with E-state index in [9.17, 15) is 9.90 Å². The van der Waals surface area contributed by atoms with Gasteiger partial charge in [-0.1, -0.05) is 35.3 Å². The number of carbonyl (C=O) groups is 1. The van der Waals surface area contributed by atoms with Gasteiger partial charge in [0.1, 0.15) is 5.75 Å². The molecule has 0 spiro atoms. The first-order chi connectivity index (χ1) is 10.5. The maximum Gasteiger partial charge on any atom is 0.251 e. The summed E-state index contributed by atoms with van der Waals surface area (Å²) >= 11 is 11.8. The fourth-order valence-corrected chi connectivity index (χ4v) is 2.60. The quantitative estimate of drug-likeness (QED) is 0.783. The number of rotatable bonds is 5. The average Bonchev–Trinajstić information content (AvgIpc) is 2.51. The minimum absolute atomic E-state index is 0.0256. The minimum Gasteiger partial charge on any atom is -0.506 e. The van der Waals surface area contributed by atoms with Gasteiger partial charge in [-0.05, 0) is 29.8 Å². The Morgan fingerprint density at radius 2 is 1.95 bits per heavy atom. The molecule has 0 fully saturated rings. The summed E-state index contributed by atoms with van der Waals surface area (Å²) in [6, 6.07) is 10.5. The summed E-state index contributed by atoms with van der Waals surface area (Å²) in [5.41, 5.74) is 2.20. The van der Waals surface area contributed by atoms with Crippen LogP contribution in [0.25, 0.3) is 0 Å². The van der Waals surface area contributed by atoms with Gasteiger partial charge in [0.05, 0.1) is 5.02 Å². The van der Waals surface area contributed by atoms with Gasteiger partial charge in [0.2, 0.25) is 0 Å². The van der Waals surface area contributed by atoms with Gasteiger partial charge in [0.25, 0.3) is 5.91 Å². The van der Waals surface area contributed by atoms with E-state index < -0.39 is 0 Å². The number of phenols is 1. The number of amides is 1. The van der Waals surface area contributed by atoms with Gasteiger partial charge in [-0.25, -0.2) is 0 Å². The molecule has 2 aromatic rings. The van der Waals surface area contributed by atoms with Crippen LogP contribution in [0.4, 0.5) is 0 Å². The van der Waals surface area contributed by atoms with E-state index in [0.29, 0.717) is 29.2 Å². The molecule has 2 aromatic carbocycles. The second-order valence-electron chi connectivity index (χ2n) is 4.78. The lowest BCUT2D eigenvalue weighted by Crippen LogP contribution is -2.18. The van der Waals surface area contributed by atoms with Gasteiger partial charge in [0, 0.05) is 36.3 Å². The van der Waals surface area contributed by atoms with Crippen molar-refractivity contribution in [3.05, 3.63) is 63.1 Å². The van der Waals surface area contributed by atoms with Crippen LogP contribution < -0.4 is 10.6 Å². The summed E-state index contributed by atoms with van der Waals surface area (Å²) < 4.78 is 0. The molecule has 0 unspecified atom stereocenters. The molecule has 6 heteroatoms. The Morgan fingerprint density at radius 3 is 2.68 bits per heavy atom. The van der Waals surface area contributed by atoms with Crippen molar-refractivity contribution in [3.63, 3.8) is 0 Å². The summed E-state index contributed by atoms with van der Waals surface area (Å²) in [6.07, 6.45) is 0. The summed E-state index contributed by atoms with van der Waals surface area (Å²) in [5.74, 6) is -0.0983. The summed E-state index contributed by atoms with van der Waals surface area (Å²) in [7, 11) is 1.60. The molecule has 0 aromatic heterocycles. The zero-order valence-electron chi connectivity index (χ0n) is 12.0. The molecule has 22 heavy (non-hydrogen) atoms. The van der Waals surface area contributed by atoms with Crippen LogP contribution in [0.15, 0.2) is 36.4 Å². The number of benzene rings is 2. The van der Waals surface area contributed by atoms with Crippen LogP contribution >= 0.6 is 23.2 Å². The van der Waals surface area contributed by atoms with E-state index >= 15 is 0 Å². The number of carbonyl (C=O) groups excluding carboxylic acids is 1. The number of hydrogen-bond acceptors (Lipinski definition) is 3. The second kappa shape index (κ2) is 7.49. The first-order valence-corrected chi connectivity index (χ1v) is 7.45. The molecule has 1 amide bonds. The van der Waals surface area contributed by atoms with Crippen LogP contribution in [0, 0.1) is 0 Å². The maximum absolute atomic E-state index is 11.6. The van der Waals surface area contributed by atoms with Crippen LogP contribution in [-0.2, 0) is 13.1 Å². The van der Waals surface area contributed by atoms with E-state index in [1.165, 1.54) is 6.07 Å². The van der Waals surface area contributed by atoms with E-state index in [4.69, 9.17) is 23.2 Å². The topological polar surface area (TPSA) is 61.4 Å². The van der Waals surface area contributed by atoms with Crippen molar-refractivity contribution in [1.29, 1.82) is 0 Å². The average molecular weight is 339 g/mol. The lowest BCUT2D eigenvalue weighted by atomic mass is 10.1. The highest BCUT2D eigenvalue weighted by Crippen LogP contribution is 2.31. The normalized spacial score (nSPS) is 10.5. The molecule has 0 saturated heterocycles. The number of phenolic OH excluding ortho intramolecular Hbond substituents is 1. The Kier molecular flexibility index (Phi) is 5.66. The fourth-order valence-electron chi connectivity index (χ4n) is 2.06. The number of hydrogen-bond donors (Lipinski definition) is 3. The SMILES string of the molecule is CNC(=O)c1cccc(CNCc2cc(Cl)cc(Cl)c2O)c1. The Bertz CT molecular complexity index is 690. The first kappa shape index (κ1) is 16.6. The Balaban J connectivity index is 2.01. The largest absolute Gasteiger partial charge is 0.506 e. The van der Waals surface area contributed by atoms with E-state index in [1.54, 1.807) is 19.2 Å². The summed E-state index contributed by atoms with van der Waals surface area (Å²) in [5, 5.41) is 16.4. The molecule has 0 heterocycles. The van der Waals surface area contributed by atoms with Crippen LogP contribution in [-0.4, -0.2) is 18.1 Å². The third-order valence-electron chi connectivity index (χ3n) is 3.17. The predicted octanol–water partition coefficient (Wildman–Crippen LogP) is 3.35. The molecule has 0 radical (unpaired) electrons. The monoisotopic (exact) mass is 338 g/mol. The maximum atomic E-state index is 11.6. The zero-order chi connectivity index (χ0) is 16.1. The van der Waals surface area contributed by atoms with Crippen LogP contribution in [0.3, 0.4) is 0 Å². The Morgan fingerprint density at radius 1 is 1.18 bits per heavy atom. The van der Waals surface area contributed by atoms with Gasteiger partial charge in [-0.15, -0.1) is 0 Å². The van der Waals surface area contributed by atoms with E-state index in [1.807, 2.05) is 18.2 Å². The predicted molar refractivity (Wildman–Crippen MR) is 88.5 cm³/mol. The van der Waals surface area contributed by atoms with E-state index in [2.05, 4.69) is 10.6 Å². The van der Waals surface area contributed by atoms with Gasteiger partial charge >= 0.3 is 0 Å². The van der Waals surface area contributed by atoms with Crippen LogP contribution in [0.2, 0.25) is 10.0 Å². The molecule has 3 N–H and O–H groups in total. The van der Waals surface area contributed by atoms with Crippen molar-refractivity contribution in [2.45, 2.75) is 13.1 Å². The Hall–Kier alpha value is -1.75. The van der Waals surface area contributed by atoms with Crippen molar-refractivity contribution < 1.29 is 9.90 Å². The van der Waals surface area contributed by atoms with Gasteiger partial charge in [-0.2, -0.15) is 0 Å². The molecule has 0 aliphatic carbocycles. The van der Waals surface area contributed by atoms with Crippen molar-refractivity contribution in [2.75, 3.05) is 7.05 Å². The molecule has 116 valence electrons. The fraction of sp³-hybridized carbons (Fsp3) is 0.188. The highest BCUT2D eigenvalue weighted by Gasteiger charge is 2.08. The summed E-state index contributed by atoms with van der Waals surface area (Å²) in [4.78, 5) is 11.6. The molecule has 0 saturated carbocycles. The molecular formula is C16H16Cl2N2O2. The van der Waals surface area contributed by atoms with Gasteiger partial charge in [0.15, 0.2) is 0 Å². The van der Waals surface area contributed by atoms with Crippen LogP contribution in [0.5, 0.6) is 5.75 Å². The zero-order valence-corrected chi connectivity index (χ0v) is 13.5. The molecule has 0 bridgehead atoms. The van der Waals surface area contributed by atoms with Crippen LogP contribution in [0.1, 0.15) is 21.5 Å². The number of nitrogens with one attached hydrogen (secondary N) is 2. The highest BCUT2D eigenvalue weighted by molar-refractivity contribution is 6.35. The van der Waals surface area contributed by atoms with E-state index in [-0.39, 0.29) is 16.7 Å². The van der Waals surface area contributed by atoms with Gasteiger partial charge in [-0.3, -0.25) is 4.79 Å². The number of aromatic hydroxyl groups is 1. The smallest absolute Gasteiger partial charge is 0.251 e. The third-order valence-corrected chi connectivity index (χ3v) is 3.67. The lowest BCUT2D eigenvalue weighted by Gasteiger charge is -2.09. The van der Waals surface area contributed by atoms with E-state index in [0.717, 1.165) is 5.56 Å². The second-order valence-corrected chi connectivity index (χ2v) is 5.62. The van der Waals surface area contributed by atoms with Crippen molar-refractivity contribution in [1.82, 2.24) is 10.6 Å². The number of halogens is 2. The molecule has 4 nitrogen and oxygen atoms in total. The molecule has 2 rings (SSSR count). The van der Waals surface area contributed by atoms with Gasteiger partial charge < -0.3 is 15.7 Å². The Labute approximate surface area is 139 Å². The third kappa shape index (κ3) is 4.13. The molecule has 0 aliphatic rings. The minimum atomic E-state index is -0.124. The highest BCUT2D eigenvalue weighted by atomic mass is 35.5. The van der Waals surface area contributed by atoms with Crippen molar-refractivity contribution in [3.8, 4) is 5.75 Å². The molecule has 0 aliphatic heterocycles. The molecular weight excluding hydrogens is 323 g/mol. The lowest BCUT2D eigenvalue weighted by molar-refractivity contribution is 0.0963. The van der Waals surface area contributed by atoms with Crippen molar-refractivity contribution >= 4 is 29.1 Å². The summed E-state index contributed by atoms with van der Waals surface area (Å²) in [6.45, 7) is 0.963. The molecule has 0 atom stereocenters. The standard InChI is InChI=1S/C16H16Cl2N2O2/c1-19-16(22)11-4-2-3-10(5-11)8-20-9-12-6-13(17)7-14(18)15(12)21/h2-7,20-21H,8-9H2,1H3,(H,19,22).